The highest BCUT2D eigenvalue weighted by molar-refractivity contribution is 5.76. The number of hydrogen-bond acceptors (Lipinski definition) is 3. The van der Waals surface area contributed by atoms with Crippen LogP contribution >= 0.6 is 0 Å². The van der Waals surface area contributed by atoms with Crippen LogP contribution in [0.15, 0.2) is 18.2 Å². The van der Waals surface area contributed by atoms with Crippen LogP contribution in [-0.4, -0.2) is 32.3 Å². The molecular formula is C13H15FN2O3. The summed E-state index contributed by atoms with van der Waals surface area (Å²) < 4.78 is 14.9. The zero-order valence-corrected chi connectivity index (χ0v) is 10.3. The number of hydrogen-bond donors (Lipinski definition) is 2. The van der Waals surface area contributed by atoms with Crippen molar-refractivity contribution in [2.45, 2.75) is 25.8 Å². The second-order valence-corrected chi connectivity index (χ2v) is 4.28. The van der Waals surface area contributed by atoms with Gasteiger partial charge in [-0.25, -0.2) is 9.37 Å². The van der Waals surface area contributed by atoms with Crippen molar-refractivity contribution in [1.29, 1.82) is 0 Å². The minimum atomic E-state index is -0.851. The molecule has 0 spiro atoms. The predicted molar refractivity (Wildman–Crippen MR) is 67.4 cm³/mol. The van der Waals surface area contributed by atoms with Crippen molar-refractivity contribution in [3.63, 3.8) is 0 Å². The van der Waals surface area contributed by atoms with Gasteiger partial charge in [0.15, 0.2) is 0 Å². The van der Waals surface area contributed by atoms with Crippen LogP contribution < -0.4 is 0 Å². The third-order valence-corrected chi connectivity index (χ3v) is 2.90. The third-order valence-electron chi connectivity index (χ3n) is 2.90. The molecule has 1 heterocycles. The molecule has 1 aromatic heterocycles. The number of nitrogens with zero attached hydrogens (tertiary/aromatic N) is 2. The SMILES string of the molecule is O=C(O)CCCc1nc2cc(F)ccc2n1CCO. The molecule has 0 amide bonds. The van der Waals surface area contributed by atoms with E-state index in [0.29, 0.717) is 30.7 Å². The second-order valence-electron chi connectivity index (χ2n) is 4.28. The number of aliphatic hydroxyl groups is 1. The van der Waals surface area contributed by atoms with Gasteiger partial charge in [0.1, 0.15) is 11.6 Å². The summed E-state index contributed by atoms with van der Waals surface area (Å²) in [7, 11) is 0. The number of aromatic nitrogens is 2. The van der Waals surface area contributed by atoms with Crippen LogP contribution in [0, 0.1) is 5.82 Å². The number of benzene rings is 1. The molecule has 0 fully saturated rings. The molecular weight excluding hydrogens is 251 g/mol. The Bertz CT molecular complexity index is 595. The number of aliphatic carboxylic acids is 1. The predicted octanol–water partition coefficient (Wildman–Crippen LogP) is 1.57. The van der Waals surface area contributed by atoms with Crippen molar-refractivity contribution >= 4 is 17.0 Å². The fraction of sp³-hybridized carbons (Fsp3) is 0.385. The van der Waals surface area contributed by atoms with Crippen LogP contribution in [0.25, 0.3) is 11.0 Å². The number of rotatable bonds is 6. The molecule has 0 saturated carbocycles. The van der Waals surface area contributed by atoms with Gasteiger partial charge < -0.3 is 14.8 Å². The summed E-state index contributed by atoms with van der Waals surface area (Å²) in [5.74, 6) is -0.537. The van der Waals surface area contributed by atoms with Crippen LogP contribution in [0.4, 0.5) is 4.39 Å². The summed E-state index contributed by atoms with van der Waals surface area (Å²) in [6.45, 7) is 0.319. The third kappa shape index (κ3) is 3.08. The molecule has 6 heteroatoms. The molecule has 0 unspecified atom stereocenters. The van der Waals surface area contributed by atoms with Crippen LogP contribution in [0.2, 0.25) is 0 Å². The lowest BCUT2D eigenvalue weighted by molar-refractivity contribution is -0.137. The average Bonchev–Trinajstić information content (AvgIpc) is 2.67. The smallest absolute Gasteiger partial charge is 0.303 e. The summed E-state index contributed by atoms with van der Waals surface area (Å²) in [5, 5.41) is 17.7. The average molecular weight is 266 g/mol. The van der Waals surface area contributed by atoms with Crippen LogP contribution in [-0.2, 0) is 17.8 Å². The van der Waals surface area contributed by atoms with E-state index in [0.717, 1.165) is 5.52 Å². The molecule has 1 aromatic carbocycles. The Hall–Kier alpha value is -1.95. The number of halogens is 1. The molecule has 0 aliphatic rings. The van der Waals surface area contributed by atoms with Gasteiger partial charge in [0.05, 0.1) is 17.6 Å². The molecule has 102 valence electrons. The lowest BCUT2D eigenvalue weighted by atomic mass is 10.2. The van der Waals surface area contributed by atoms with Gasteiger partial charge in [-0.15, -0.1) is 0 Å². The Morgan fingerprint density at radius 3 is 2.89 bits per heavy atom. The maximum atomic E-state index is 13.1. The summed E-state index contributed by atoms with van der Waals surface area (Å²) in [6, 6.07) is 4.30. The summed E-state index contributed by atoms with van der Waals surface area (Å²) >= 11 is 0. The quantitative estimate of drug-likeness (QED) is 0.832. The highest BCUT2D eigenvalue weighted by Gasteiger charge is 2.11. The lowest BCUT2D eigenvalue weighted by Gasteiger charge is -2.06. The molecule has 0 radical (unpaired) electrons. The largest absolute Gasteiger partial charge is 0.481 e. The fourth-order valence-corrected chi connectivity index (χ4v) is 2.09. The molecule has 0 bridgehead atoms. The van der Waals surface area contributed by atoms with Gasteiger partial charge >= 0.3 is 5.97 Å². The zero-order chi connectivity index (χ0) is 13.8. The van der Waals surface area contributed by atoms with Gasteiger partial charge in [-0.1, -0.05) is 0 Å². The van der Waals surface area contributed by atoms with E-state index in [2.05, 4.69) is 4.98 Å². The van der Waals surface area contributed by atoms with Crippen LogP contribution in [0.1, 0.15) is 18.7 Å². The number of carboxylic acids is 1. The summed E-state index contributed by atoms with van der Waals surface area (Å²) in [6.07, 6.45) is 1.02. The van der Waals surface area contributed by atoms with Crippen LogP contribution in [0.3, 0.4) is 0 Å². The van der Waals surface area contributed by atoms with Gasteiger partial charge in [0, 0.05) is 25.5 Å². The van der Waals surface area contributed by atoms with E-state index in [-0.39, 0.29) is 18.8 Å². The minimum absolute atomic E-state index is 0.0469. The summed E-state index contributed by atoms with van der Waals surface area (Å²) in [4.78, 5) is 14.8. The summed E-state index contributed by atoms with van der Waals surface area (Å²) in [5.41, 5.74) is 1.28. The Balaban J connectivity index is 2.30. The molecule has 2 N–H and O–H groups in total. The Labute approximate surface area is 109 Å². The maximum Gasteiger partial charge on any atom is 0.303 e. The fourth-order valence-electron chi connectivity index (χ4n) is 2.09. The Morgan fingerprint density at radius 2 is 2.21 bits per heavy atom. The molecule has 0 saturated heterocycles. The van der Waals surface area contributed by atoms with E-state index in [1.165, 1.54) is 12.1 Å². The molecule has 0 aliphatic heterocycles. The van der Waals surface area contributed by atoms with Crippen molar-refractivity contribution in [1.82, 2.24) is 9.55 Å². The van der Waals surface area contributed by atoms with Crippen molar-refractivity contribution < 1.29 is 19.4 Å². The van der Waals surface area contributed by atoms with E-state index >= 15 is 0 Å². The molecule has 2 rings (SSSR count). The molecule has 19 heavy (non-hydrogen) atoms. The van der Waals surface area contributed by atoms with E-state index in [1.807, 2.05) is 0 Å². The maximum absolute atomic E-state index is 13.1. The van der Waals surface area contributed by atoms with Crippen molar-refractivity contribution in [2.24, 2.45) is 0 Å². The first-order chi connectivity index (χ1) is 9.11. The minimum Gasteiger partial charge on any atom is -0.481 e. The Kier molecular flexibility index (Phi) is 4.11. The van der Waals surface area contributed by atoms with Crippen LogP contribution in [0.5, 0.6) is 0 Å². The number of imidazole rings is 1. The van der Waals surface area contributed by atoms with Crippen molar-refractivity contribution in [3.05, 3.63) is 29.8 Å². The highest BCUT2D eigenvalue weighted by Crippen LogP contribution is 2.18. The van der Waals surface area contributed by atoms with E-state index in [9.17, 15) is 9.18 Å². The molecule has 5 nitrogen and oxygen atoms in total. The first kappa shape index (κ1) is 13.5. The van der Waals surface area contributed by atoms with Gasteiger partial charge in [-0.2, -0.15) is 0 Å². The van der Waals surface area contributed by atoms with Gasteiger partial charge in [0.2, 0.25) is 0 Å². The van der Waals surface area contributed by atoms with Gasteiger partial charge in [-0.3, -0.25) is 4.79 Å². The van der Waals surface area contributed by atoms with E-state index in [1.54, 1.807) is 10.6 Å². The molecule has 0 aliphatic carbocycles. The topological polar surface area (TPSA) is 75.3 Å². The normalized spacial score (nSPS) is 11.1. The number of aryl methyl sites for hydroxylation is 1. The first-order valence-corrected chi connectivity index (χ1v) is 6.09. The van der Waals surface area contributed by atoms with Gasteiger partial charge in [0.25, 0.3) is 0 Å². The van der Waals surface area contributed by atoms with Crippen molar-refractivity contribution in [3.8, 4) is 0 Å². The standard InChI is InChI=1S/C13H15FN2O3/c14-9-4-5-11-10(8-9)15-12(16(11)6-7-17)2-1-3-13(18)19/h4-5,8,17H,1-3,6-7H2,(H,18,19). The zero-order valence-electron chi connectivity index (χ0n) is 10.3. The molecule has 0 atom stereocenters. The number of carboxylic acid groups (broad SMARTS) is 1. The Morgan fingerprint density at radius 1 is 1.42 bits per heavy atom. The molecule has 2 aromatic rings. The van der Waals surface area contributed by atoms with Gasteiger partial charge in [-0.05, 0) is 18.6 Å². The van der Waals surface area contributed by atoms with E-state index in [4.69, 9.17) is 10.2 Å². The first-order valence-electron chi connectivity index (χ1n) is 6.09. The van der Waals surface area contributed by atoms with E-state index < -0.39 is 5.97 Å². The number of fused-ring (bicyclic) bond motifs is 1. The lowest BCUT2D eigenvalue weighted by Crippen LogP contribution is -2.08. The monoisotopic (exact) mass is 266 g/mol. The highest BCUT2D eigenvalue weighted by atomic mass is 19.1. The van der Waals surface area contributed by atoms with Crippen molar-refractivity contribution in [2.75, 3.05) is 6.61 Å². The number of carbonyl (C=O) groups is 1. The number of aliphatic hydroxyl groups excluding tert-OH is 1. The second kappa shape index (κ2) is 5.79.